The third kappa shape index (κ3) is 4.88. The second-order valence-corrected chi connectivity index (χ2v) is 6.86. The minimum atomic E-state index is -0.582. The van der Waals surface area contributed by atoms with E-state index in [0.717, 1.165) is 10.5 Å². The molecule has 0 spiro atoms. The van der Waals surface area contributed by atoms with Crippen LogP contribution in [0.2, 0.25) is 10.0 Å². The lowest BCUT2D eigenvalue weighted by Gasteiger charge is -2.11. The molecule has 7 nitrogen and oxygen atoms in total. The van der Waals surface area contributed by atoms with E-state index < -0.39 is 17.9 Å². The Hall–Kier alpha value is -3.03. The molecular formula is C20H16Cl2N2O5. The molecule has 1 aliphatic rings. The van der Waals surface area contributed by atoms with Crippen molar-refractivity contribution < 1.29 is 23.9 Å². The van der Waals surface area contributed by atoms with Crippen molar-refractivity contribution in [1.29, 1.82) is 0 Å². The van der Waals surface area contributed by atoms with Gasteiger partial charge >= 0.3 is 12.0 Å². The molecule has 0 atom stereocenters. The summed E-state index contributed by atoms with van der Waals surface area (Å²) >= 11 is 12.3. The van der Waals surface area contributed by atoms with Gasteiger partial charge < -0.3 is 14.8 Å². The second kappa shape index (κ2) is 8.98. The van der Waals surface area contributed by atoms with Crippen molar-refractivity contribution in [2.75, 3.05) is 13.7 Å². The van der Waals surface area contributed by atoms with Gasteiger partial charge in [-0.3, -0.25) is 9.69 Å². The van der Waals surface area contributed by atoms with E-state index in [1.165, 1.54) is 25.3 Å². The number of halogens is 2. The van der Waals surface area contributed by atoms with Gasteiger partial charge in [-0.2, -0.15) is 0 Å². The number of carbonyl (C=O) groups excluding carboxylic acids is 3. The first-order chi connectivity index (χ1) is 13.9. The Balaban J connectivity index is 1.78. The van der Waals surface area contributed by atoms with E-state index in [9.17, 15) is 14.4 Å². The Kier molecular flexibility index (Phi) is 6.41. The van der Waals surface area contributed by atoms with Crippen molar-refractivity contribution in [2.24, 2.45) is 0 Å². The van der Waals surface area contributed by atoms with Crippen LogP contribution in [0.4, 0.5) is 4.79 Å². The molecule has 0 radical (unpaired) electrons. The summed E-state index contributed by atoms with van der Waals surface area (Å²) in [5.41, 5.74) is 1.41. The minimum absolute atomic E-state index is 0.0984. The molecule has 0 bridgehead atoms. The zero-order valence-corrected chi connectivity index (χ0v) is 16.8. The number of nitrogens with one attached hydrogen (secondary N) is 1. The molecule has 2 aromatic rings. The number of methoxy groups -OCH3 is 1. The van der Waals surface area contributed by atoms with Crippen LogP contribution in [0.1, 0.15) is 11.1 Å². The van der Waals surface area contributed by atoms with Gasteiger partial charge in [0.05, 0.1) is 23.7 Å². The van der Waals surface area contributed by atoms with Crippen molar-refractivity contribution in [2.45, 2.75) is 6.54 Å². The van der Waals surface area contributed by atoms with Crippen LogP contribution in [0, 0.1) is 0 Å². The van der Waals surface area contributed by atoms with Gasteiger partial charge in [0.25, 0.3) is 5.91 Å². The van der Waals surface area contributed by atoms with Gasteiger partial charge in [0.2, 0.25) is 0 Å². The van der Waals surface area contributed by atoms with Crippen LogP contribution in [0.15, 0.2) is 48.2 Å². The summed E-state index contributed by atoms with van der Waals surface area (Å²) in [6, 6.07) is 11.7. The van der Waals surface area contributed by atoms with E-state index in [1.807, 2.05) is 30.3 Å². The fraction of sp³-hybridized carbons (Fsp3) is 0.150. The van der Waals surface area contributed by atoms with E-state index in [0.29, 0.717) is 5.56 Å². The van der Waals surface area contributed by atoms with Gasteiger partial charge in [-0.05, 0) is 29.3 Å². The molecule has 9 heteroatoms. The maximum atomic E-state index is 12.6. The standard InChI is InChI=1S/C20H16Cl2N2O5/c1-28-17(25)11-29-18-14(21)7-13(8-15(18)22)9-16-19(26)24(20(27)23-16)10-12-5-3-2-4-6-12/h2-9H,10-11H2,1H3,(H,23,27)/b16-9+. The fourth-order valence-corrected chi connectivity index (χ4v) is 3.25. The van der Waals surface area contributed by atoms with Crippen molar-refractivity contribution in [3.8, 4) is 5.75 Å². The lowest BCUT2D eigenvalue weighted by Crippen LogP contribution is -2.30. The van der Waals surface area contributed by atoms with E-state index >= 15 is 0 Å². The van der Waals surface area contributed by atoms with Crippen LogP contribution in [-0.2, 0) is 20.9 Å². The number of rotatable bonds is 6. The zero-order valence-electron chi connectivity index (χ0n) is 15.3. The first-order valence-corrected chi connectivity index (χ1v) is 9.21. The van der Waals surface area contributed by atoms with Gasteiger partial charge in [-0.1, -0.05) is 53.5 Å². The smallest absolute Gasteiger partial charge is 0.343 e. The predicted octanol–water partition coefficient (Wildman–Crippen LogP) is 3.64. The number of esters is 1. The number of hydrogen-bond donors (Lipinski definition) is 1. The van der Waals surface area contributed by atoms with Crippen LogP contribution < -0.4 is 10.1 Å². The molecule has 1 fully saturated rings. The van der Waals surface area contributed by atoms with Crippen LogP contribution in [0.25, 0.3) is 6.08 Å². The summed E-state index contributed by atoms with van der Waals surface area (Å²) in [4.78, 5) is 37.1. The quantitative estimate of drug-likeness (QED) is 0.426. The van der Waals surface area contributed by atoms with Crippen LogP contribution in [0.5, 0.6) is 5.75 Å². The molecule has 0 aromatic heterocycles. The van der Waals surface area contributed by atoms with Gasteiger partial charge in [-0.15, -0.1) is 0 Å². The lowest BCUT2D eigenvalue weighted by molar-refractivity contribution is -0.142. The normalized spacial score (nSPS) is 14.9. The number of ether oxygens (including phenoxy) is 2. The van der Waals surface area contributed by atoms with Gasteiger partial charge in [-0.25, -0.2) is 9.59 Å². The van der Waals surface area contributed by atoms with Crippen molar-refractivity contribution >= 4 is 47.2 Å². The Morgan fingerprint density at radius 3 is 2.41 bits per heavy atom. The predicted molar refractivity (Wildman–Crippen MR) is 107 cm³/mol. The Morgan fingerprint density at radius 2 is 1.79 bits per heavy atom. The summed E-state index contributed by atoms with van der Waals surface area (Å²) in [6.07, 6.45) is 1.47. The van der Waals surface area contributed by atoms with Gasteiger partial charge in [0, 0.05) is 0 Å². The molecule has 1 heterocycles. The van der Waals surface area contributed by atoms with Crippen molar-refractivity contribution in [3.63, 3.8) is 0 Å². The largest absolute Gasteiger partial charge is 0.479 e. The van der Waals surface area contributed by atoms with Crippen LogP contribution in [0.3, 0.4) is 0 Å². The average molecular weight is 435 g/mol. The molecule has 0 aliphatic carbocycles. The number of imide groups is 1. The Bertz CT molecular complexity index is 969. The van der Waals surface area contributed by atoms with E-state index in [-0.39, 0.29) is 34.6 Å². The Morgan fingerprint density at radius 1 is 1.14 bits per heavy atom. The molecule has 3 amide bonds. The highest BCUT2D eigenvalue weighted by Crippen LogP contribution is 2.35. The highest BCUT2D eigenvalue weighted by Gasteiger charge is 2.33. The number of benzene rings is 2. The topological polar surface area (TPSA) is 84.9 Å². The molecular weight excluding hydrogens is 419 g/mol. The highest BCUT2D eigenvalue weighted by molar-refractivity contribution is 6.37. The summed E-state index contributed by atoms with van der Waals surface area (Å²) in [5.74, 6) is -0.924. The molecule has 1 N–H and O–H groups in total. The number of carbonyl (C=O) groups is 3. The summed E-state index contributed by atoms with van der Waals surface area (Å²) in [7, 11) is 1.23. The van der Waals surface area contributed by atoms with E-state index in [4.69, 9.17) is 27.9 Å². The number of hydrogen-bond acceptors (Lipinski definition) is 5. The fourth-order valence-electron chi connectivity index (χ4n) is 2.64. The monoisotopic (exact) mass is 434 g/mol. The van der Waals surface area contributed by atoms with Gasteiger partial charge in [0.15, 0.2) is 12.4 Å². The minimum Gasteiger partial charge on any atom is -0.479 e. The van der Waals surface area contributed by atoms with Crippen molar-refractivity contribution in [1.82, 2.24) is 10.2 Å². The zero-order chi connectivity index (χ0) is 21.0. The molecule has 3 rings (SSSR count). The van der Waals surface area contributed by atoms with E-state index in [1.54, 1.807) is 0 Å². The summed E-state index contributed by atoms with van der Waals surface area (Å²) < 4.78 is 9.76. The van der Waals surface area contributed by atoms with Crippen LogP contribution >= 0.6 is 23.2 Å². The first-order valence-electron chi connectivity index (χ1n) is 8.46. The molecule has 2 aromatic carbocycles. The number of amides is 3. The summed E-state index contributed by atoms with van der Waals surface area (Å²) in [6.45, 7) is -0.190. The maximum absolute atomic E-state index is 12.6. The number of urea groups is 1. The third-order valence-electron chi connectivity index (χ3n) is 4.04. The molecule has 29 heavy (non-hydrogen) atoms. The molecule has 0 unspecified atom stereocenters. The molecule has 0 saturated carbocycles. The van der Waals surface area contributed by atoms with Crippen LogP contribution in [-0.4, -0.2) is 36.5 Å². The average Bonchev–Trinajstić information content (AvgIpc) is 2.95. The molecule has 1 aliphatic heterocycles. The second-order valence-electron chi connectivity index (χ2n) is 6.04. The first kappa shape index (κ1) is 20.7. The Labute approximate surface area is 176 Å². The maximum Gasteiger partial charge on any atom is 0.343 e. The third-order valence-corrected chi connectivity index (χ3v) is 4.60. The lowest BCUT2D eigenvalue weighted by atomic mass is 10.1. The van der Waals surface area contributed by atoms with Crippen molar-refractivity contribution in [3.05, 3.63) is 69.3 Å². The molecule has 1 saturated heterocycles. The van der Waals surface area contributed by atoms with E-state index in [2.05, 4.69) is 10.1 Å². The number of nitrogens with zero attached hydrogens (tertiary/aromatic N) is 1. The molecule has 150 valence electrons. The SMILES string of the molecule is COC(=O)COc1c(Cl)cc(/C=C2/NC(=O)N(Cc3ccccc3)C2=O)cc1Cl. The summed E-state index contributed by atoms with van der Waals surface area (Å²) in [5, 5.41) is 2.83. The highest BCUT2D eigenvalue weighted by atomic mass is 35.5. The van der Waals surface area contributed by atoms with Gasteiger partial charge in [0.1, 0.15) is 5.70 Å².